The maximum absolute atomic E-state index is 12.9. The van der Waals surface area contributed by atoms with Crippen molar-refractivity contribution in [3.05, 3.63) is 119 Å². The van der Waals surface area contributed by atoms with Gasteiger partial charge in [-0.05, 0) is 55.3 Å². The second-order valence-corrected chi connectivity index (χ2v) is 9.59. The van der Waals surface area contributed by atoms with Crippen molar-refractivity contribution in [1.82, 2.24) is 9.78 Å². The molecule has 0 saturated heterocycles. The summed E-state index contributed by atoms with van der Waals surface area (Å²) in [4.78, 5) is 40.1. The second-order valence-electron chi connectivity index (χ2n) is 9.59. The van der Waals surface area contributed by atoms with Crippen molar-refractivity contribution < 1.29 is 18.7 Å². The number of carbonyl (C=O) groups excluding carboxylic acids is 2. The fraction of sp³-hybridized carbons (Fsp3) is 0.125. The highest BCUT2D eigenvalue weighted by atomic mass is 16.5. The first-order valence-electron chi connectivity index (χ1n) is 12.9. The van der Waals surface area contributed by atoms with E-state index in [2.05, 4.69) is 5.10 Å². The van der Waals surface area contributed by atoms with Gasteiger partial charge in [0.25, 0.3) is 5.91 Å². The molecule has 3 heterocycles. The summed E-state index contributed by atoms with van der Waals surface area (Å²) in [5, 5.41) is 5.39. The van der Waals surface area contributed by atoms with E-state index < -0.39 is 11.6 Å². The van der Waals surface area contributed by atoms with Gasteiger partial charge in [-0.25, -0.2) is 14.3 Å². The second kappa shape index (κ2) is 10.5. The molecule has 0 N–H and O–H groups in total. The van der Waals surface area contributed by atoms with Crippen molar-refractivity contribution in [2.75, 3.05) is 11.5 Å². The van der Waals surface area contributed by atoms with Gasteiger partial charge in [0.1, 0.15) is 11.3 Å². The standard InChI is InChI=1S/C32H25N3O5/c1-21-17-22-9-5-7-13-27(22)35(21)29(36)20-39-30(37)16-15-24-19-34(25-11-3-2-4-12-25)33-31(24)26-18-23-10-6-8-14-28(23)40-32(26)38/h2-16,18-19,21H,17,20H2,1H3. The summed E-state index contributed by atoms with van der Waals surface area (Å²) >= 11 is 0. The Morgan fingerprint density at radius 2 is 1.77 bits per heavy atom. The van der Waals surface area contributed by atoms with Gasteiger partial charge in [0.2, 0.25) is 0 Å². The van der Waals surface area contributed by atoms with Crippen molar-refractivity contribution >= 4 is 34.6 Å². The molecule has 0 bridgehead atoms. The highest BCUT2D eigenvalue weighted by Crippen LogP contribution is 2.32. The summed E-state index contributed by atoms with van der Waals surface area (Å²) < 4.78 is 12.5. The molecule has 8 nitrogen and oxygen atoms in total. The zero-order valence-corrected chi connectivity index (χ0v) is 21.7. The van der Waals surface area contributed by atoms with Gasteiger partial charge < -0.3 is 14.1 Å². The average molecular weight is 532 g/mol. The molecule has 1 aliphatic heterocycles. The molecule has 0 aliphatic carbocycles. The number of fused-ring (bicyclic) bond motifs is 2. The minimum atomic E-state index is -0.683. The Morgan fingerprint density at radius 1 is 1.02 bits per heavy atom. The molecule has 40 heavy (non-hydrogen) atoms. The fourth-order valence-electron chi connectivity index (χ4n) is 5.01. The lowest BCUT2D eigenvalue weighted by Crippen LogP contribution is -2.38. The van der Waals surface area contributed by atoms with Gasteiger partial charge in [0.05, 0.1) is 11.3 Å². The molecule has 0 fully saturated rings. The largest absolute Gasteiger partial charge is 0.452 e. The Balaban J connectivity index is 1.26. The first kappa shape index (κ1) is 25.1. The molecule has 5 aromatic rings. The number of nitrogens with zero attached hydrogens (tertiary/aromatic N) is 3. The zero-order chi connectivity index (χ0) is 27.6. The van der Waals surface area contributed by atoms with Gasteiger partial charge in [-0.15, -0.1) is 0 Å². The molecule has 1 aliphatic rings. The van der Waals surface area contributed by atoms with E-state index in [1.54, 1.807) is 34.0 Å². The Kier molecular flexibility index (Phi) is 6.57. The van der Waals surface area contributed by atoms with Crippen molar-refractivity contribution in [2.45, 2.75) is 19.4 Å². The van der Waals surface area contributed by atoms with Crippen molar-refractivity contribution in [3.63, 3.8) is 0 Å². The van der Waals surface area contributed by atoms with Gasteiger partial charge in [-0.2, -0.15) is 5.10 Å². The third kappa shape index (κ3) is 4.82. The van der Waals surface area contributed by atoms with Crippen LogP contribution in [0.1, 0.15) is 18.1 Å². The van der Waals surface area contributed by atoms with Crippen LogP contribution < -0.4 is 10.5 Å². The van der Waals surface area contributed by atoms with E-state index in [1.165, 1.54) is 12.2 Å². The van der Waals surface area contributed by atoms with Gasteiger partial charge >= 0.3 is 11.6 Å². The monoisotopic (exact) mass is 531 g/mol. The zero-order valence-electron chi connectivity index (χ0n) is 21.7. The average Bonchev–Trinajstić information content (AvgIpc) is 3.55. The Morgan fingerprint density at radius 3 is 2.62 bits per heavy atom. The summed E-state index contributed by atoms with van der Waals surface area (Å²) in [5.41, 5.74) is 3.77. The molecule has 6 rings (SSSR count). The van der Waals surface area contributed by atoms with Crippen LogP contribution in [0.2, 0.25) is 0 Å². The molecule has 1 atom stereocenters. The number of hydrogen-bond donors (Lipinski definition) is 0. The summed E-state index contributed by atoms with van der Waals surface area (Å²) in [6.45, 7) is 1.58. The van der Waals surface area contributed by atoms with Crippen LogP contribution in [0.25, 0.3) is 34.0 Å². The van der Waals surface area contributed by atoms with Crippen molar-refractivity contribution in [3.8, 4) is 16.9 Å². The van der Waals surface area contributed by atoms with Gasteiger partial charge in [0.15, 0.2) is 6.61 Å². The van der Waals surface area contributed by atoms with Crippen molar-refractivity contribution in [1.29, 1.82) is 0 Å². The van der Waals surface area contributed by atoms with Crippen LogP contribution in [-0.2, 0) is 20.7 Å². The van der Waals surface area contributed by atoms with Crippen LogP contribution in [0.3, 0.4) is 0 Å². The first-order chi connectivity index (χ1) is 19.5. The van der Waals surface area contributed by atoms with E-state index in [9.17, 15) is 14.4 Å². The van der Waals surface area contributed by atoms with Crippen LogP contribution in [0.15, 0.2) is 106 Å². The molecule has 0 spiro atoms. The fourth-order valence-corrected chi connectivity index (χ4v) is 5.01. The molecule has 1 amide bonds. The lowest BCUT2D eigenvalue weighted by atomic mass is 10.1. The molecule has 8 heteroatoms. The van der Waals surface area contributed by atoms with Crippen LogP contribution in [0.4, 0.5) is 5.69 Å². The number of benzene rings is 3. The van der Waals surface area contributed by atoms with E-state index in [0.717, 1.165) is 28.7 Å². The van der Waals surface area contributed by atoms with Crippen molar-refractivity contribution in [2.24, 2.45) is 0 Å². The molecular weight excluding hydrogens is 506 g/mol. The number of para-hydroxylation sites is 3. The Bertz CT molecular complexity index is 1820. The van der Waals surface area contributed by atoms with E-state index in [4.69, 9.17) is 9.15 Å². The number of carbonyl (C=O) groups is 2. The molecule has 0 saturated carbocycles. The predicted molar refractivity (Wildman–Crippen MR) is 152 cm³/mol. The van der Waals surface area contributed by atoms with Gasteiger partial charge in [0, 0.05) is 35.0 Å². The minimum Gasteiger partial charge on any atom is -0.452 e. The van der Waals surface area contributed by atoms with Gasteiger partial charge in [-0.1, -0.05) is 54.6 Å². The summed E-state index contributed by atoms with van der Waals surface area (Å²) in [5.74, 6) is -0.969. The van der Waals surface area contributed by atoms with Crippen LogP contribution >= 0.6 is 0 Å². The third-order valence-corrected chi connectivity index (χ3v) is 6.87. The summed E-state index contributed by atoms with van der Waals surface area (Å²) in [6, 6.07) is 26.1. The van der Waals surface area contributed by atoms with Crippen LogP contribution in [-0.4, -0.2) is 34.3 Å². The van der Waals surface area contributed by atoms with E-state index in [0.29, 0.717) is 16.8 Å². The predicted octanol–water partition coefficient (Wildman–Crippen LogP) is 5.18. The number of rotatable bonds is 6. The lowest BCUT2D eigenvalue weighted by Gasteiger charge is -2.22. The number of anilines is 1. The highest BCUT2D eigenvalue weighted by Gasteiger charge is 2.30. The van der Waals surface area contributed by atoms with E-state index in [-0.39, 0.29) is 24.1 Å². The Hall–Kier alpha value is -5.24. The highest BCUT2D eigenvalue weighted by molar-refractivity contribution is 5.99. The number of ether oxygens (including phenoxy) is 1. The van der Waals surface area contributed by atoms with Crippen LogP contribution in [0.5, 0.6) is 0 Å². The summed E-state index contributed by atoms with van der Waals surface area (Å²) in [7, 11) is 0. The maximum Gasteiger partial charge on any atom is 0.345 e. The minimum absolute atomic E-state index is 0.0146. The lowest BCUT2D eigenvalue weighted by molar-refractivity contribution is -0.143. The molecule has 1 unspecified atom stereocenters. The third-order valence-electron chi connectivity index (χ3n) is 6.87. The van der Waals surface area contributed by atoms with E-state index in [1.807, 2.05) is 73.7 Å². The summed E-state index contributed by atoms with van der Waals surface area (Å²) in [6.07, 6.45) is 5.23. The smallest absolute Gasteiger partial charge is 0.345 e. The quantitative estimate of drug-likeness (QED) is 0.170. The van der Waals surface area contributed by atoms with Gasteiger partial charge in [-0.3, -0.25) is 4.79 Å². The number of aromatic nitrogens is 2. The first-order valence-corrected chi connectivity index (χ1v) is 12.9. The number of hydrogen-bond acceptors (Lipinski definition) is 6. The molecule has 0 radical (unpaired) electrons. The number of esters is 1. The normalized spacial score (nSPS) is 14.5. The number of amides is 1. The molecule has 2 aromatic heterocycles. The van der Waals surface area contributed by atoms with E-state index >= 15 is 0 Å². The maximum atomic E-state index is 12.9. The molecular formula is C32H25N3O5. The van der Waals surface area contributed by atoms with Crippen LogP contribution in [0, 0.1) is 0 Å². The Labute approximate surface area is 229 Å². The molecule has 3 aromatic carbocycles. The molecule has 198 valence electrons. The SMILES string of the molecule is CC1Cc2ccccc2N1C(=O)COC(=O)C=Cc1cn(-c2ccccc2)nc1-c1cc2ccccc2oc1=O. The topological polar surface area (TPSA) is 94.6 Å².